The molecule has 2 fully saturated rings. The molecule has 2 saturated heterocycles. The van der Waals surface area contributed by atoms with E-state index in [1.54, 1.807) is 0 Å². The molecule has 0 aromatic heterocycles. The Morgan fingerprint density at radius 3 is 2.57 bits per heavy atom. The van der Waals surface area contributed by atoms with E-state index < -0.39 is 0 Å². The molecule has 0 atom stereocenters. The smallest absolute Gasteiger partial charge is 0.222 e. The van der Waals surface area contributed by atoms with Gasteiger partial charge in [-0.3, -0.25) is 4.79 Å². The van der Waals surface area contributed by atoms with Gasteiger partial charge in [-0.05, 0) is 74.1 Å². The van der Waals surface area contributed by atoms with Crippen molar-refractivity contribution in [1.29, 1.82) is 0 Å². The zero-order valence-electron chi connectivity index (χ0n) is 17.5. The number of piperidine rings is 1. The van der Waals surface area contributed by atoms with Crippen LogP contribution in [0, 0.1) is 11.3 Å². The van der Waals surface area contributed by atoms with Crippen LogP contribution in [0.1, 0.15) is 56.6 Å². The summed E-state index contributed by atoms with van der Waals surface area (Å²) in [4.78, 5) is 17.7. The van der Waals surface area contributed by atoms with Crippen LogP contribution in [0.15, 0.2) is 24.3 Å². The second-order valence-corrected chi connectivity index (χ2v) is 9.30. The van der Waals surface area contributed by atoms with Gasteiger partial charge in [0.05, 0.1) is 0 Å². The molecule has 1 spiro atoms. The van der Waals surface area contributed by atoms with Crippen molar-refractivity contribution in [3.8, 4) is 0 Å². The summed E-state index contributed by atoms with van der Waals surface area (Å²) in [6.07, 6.45) is 7.59. The van der Waals surface area contributed by atoms with Crippen molar-refractivity contribution in [3.63, 3.8) is 0 Å². The molecule has 0 saturated carbocycles. The van der Waals surface area contributed by atoms with E-state index >= 15 is 0 Å². The second kappa shape index (κ2) is 8.96. The third-order valence-electron chi connectivity index (χ3n) is 7.16. The van der Waals surface area contributed by atoms with Crippen molar-refractivity contribution >= 4 is 5.91 Å². The summed E-state index contributed by atoms with van der Waals surface area (Å²) >= 11 is 0. The Balaban J connectivity index is 1.45. The van der Waals surface area contributed by atoms with Crippen LogP contribution in [-0.4, -0.2) is 55.1 Å². The fraction of sp³-hybridized carbons (Fsp3) is 0.708. The fourth-order valence-electron chi connectivity index (χ4n) is 5.40. The fourth-order valence-corrected chi connectivity index (χ4v) is 5.40. The summed E-state index contributed by atoms with van der Waals surface area (Å²) in [5.41, 5.74) is 3.07. The second-order valence-electron chi connectivity index (χ2n) is 9.30. The van der Waals surface area contributed by atoms with Crippen molar-refractivity contribution < 1.29 is 9.53 Å². The number of hydrogen-bond acceptors (Lipinski definition) is 3. The molecule has 4 nitrogen and oxygen atoms in total. The number of rotatable bonds is 4. The van der Waals surface area contributed by atoms with Crippen molar-refractivity contribution in [1.82, 2.24) is 9.80 Å². The maximum absolute atomic E-state index is 12.8. The number of hydrogen-bond donors (Lipinski definition) is 0. The predicted octanol–water partition coefficient (Wildman–Crippen LogP) is 3.88. The third kappa shape index (κ3) is 4.60. The molecule has 0 bridgehead atoms. The minimum Gasteiger partial charge on any atom is -0.381 e. The summed E-state index contributed by atoms with van der Waals surface area (Å²) in [6, 6.07) is 8.80. The van der Waals surface area contributed by atoms with Gasteiger partial charge in [0, 0.05) is 39.3 Å². The predicted molar refractivity (Wildman–Crippen MR) is 112 cm³/mol. The van der Waals surface area contributed by atoms with E-state index in [1.165, 1.54) is 56.4 Å². The van der Waals surface area contributed by atoms with Crippen LogP contribution in [0.3, 0.4) is 0 Å². The van der Waals surface area contributed by atoms with Crippen molar-refractivity contribution in [3.05, 3.63) is 35.4 Å². The molecular formula is C24H36N2O2. The molecule has 3 aliphatic rings. The van der Waals surface area contributed by atoms with Gasteiger partial charge in [-0.15, -0.1) is 0 Å². The SMILES string of the molecule is CCCC(=O)N1Cc2ccccc2CC2(CCN(CC3CCOCC3)CC2)C1. The van der Waals surface area contributed by atoms with Gasteiger partial charge in [0.15, 0.2) is 0 Å². The summed E-state index contributed by atoms with van der Waals surface area (Å²) < 4.78 is 5.52. The number of fused-ring (bicyclic) bond motifs is 1. The zero-order chi connectivity index (χ0) is 19.4. The summed E-state index contributed by atoms with van der Waals surface area (Å²) in [5, 5.41) is 0. The molecule has 0 radical (unpaired) electrons. The molecular weight excluding hydrogens is 348 g/mol. The van der Waals surface area contributed by atoms with Gasteiger partial charge in [0.2, 0.25) is 5.91 Å². The molecule has 4 rings (SSSR count). The van der Waals surface area contributed by atoms with Crippen molar-refractivity contribution in [2.24, 2.45) is 11.3 Å². The molecule has 3 heterocycles. The van der Waals surface area contributed by atoms with Crippen molar-refractivity contribution in [2.75, 3.05) is 39.4 Å². The Labute approximate surface area is 170 Å². The Hall–Kier alpha value is -1.39. The summed E-state index contributed by atoms with van der Waals surface area (Å²) in [5.74, 6) is 1.14. The van der Waals surface area contributed by atoms with Crippen LogP contribution in [0.5, 0.6) is 0 Å². The maximum Gasteiger partial charge on any atom is 0.222 e. The van der Waals surface area contributed by atoms with Crippen LogP contribution in [-0.2, 0) is 22.5 Å². The van der Waals surface area contributed by atoms with Gasteiger partial charge in [0.1, 0.15) is 0 Å². The summed E-state index contributed by atoms with van der Waals surface area (Å²) in [6.45, 7) is 9.29. The number of nitrogens with zero attached hydrogens (tertiary/aromatic N) is 2. The van der Waals surface area contributed by atoms with Crippen LogP contribution < -0.4 is 0 Å². The molecule has 0 aliphatic carbocycles. The average molecular weight is 385 g/mol. The Morgan fingerprint density at radius 2 is 1.86 bits per heavy atom. The lowest BCUT2D eigenvalue weighted by Gasteiger charge is -2.44. The minimum absolute atomic E-state index is 0.252. The van der Waals surface area contributed by atoms with E-state index in [9.17, 15) is 4.79 Å². The highest BCUT2D eigenvalue weighted by atomic mass is 16.5. The first-order chi connectivity index (χ1) is 13.7. The first-order valence-electron chi connectivity index (χ1n) is 11.3. The largest absolute Gasteiger partial charge is 0.381 e. The highest BCUT2D eigenvalue weighted by molar-refractivity contribution is 5.76. The van der Waals surface area contributed by atoms with Crippen LogP contribution >= 0.6 is 0 Å². The molecule has 4 heteroatoms. The van der Waals surface area contributed by atoms with Gasteiger partial charge < -0.3 is 14.5 Å². The lowest BCUT2D eigenvalue weighted by molar-refractivity contribution is -0.134. The number of carbonyl (C=O) groups is 1. The van der Waals surface area contributed by atoms with Crippen LogP contribution in [0.2, 0.25) is 0 Å². The quantitative estimate of drug-likeness (QED) is 0.790. The van der Waals surface area contributed by atoms with Gasteiger partial charge in [0.25, 0.3) is 0 Å². The first kappa shape index (κ1) is 19.9. The number of benzene rings is 1. The standard InChI is InChI=1S/C24H36N2O2/c1-2-5-23(27)26-18-22-7-4-3-6-21(22)16-24(19-26)10-12-25(13-11-24)17-20-8-14-28-15-9-20/h3-4,6-7,20H,2,5,8-19H2,1H3. The highest BCUT2D eigenvalue weighted by Gasteiger charge is 2.40. The first-order valence-corrected chi connectivity index (χ1v) is 11.3. The number of amides is 1. The van der Waals surface area contributed by atoms with E-state index in [-0.39, 0.29) is 5.41 Å². The van der Waals surface area contributed by atoms with E-state index in [1.807, 2.05) is 0 Å². The molecule has 1 amide bonds. The molecule has 1 aromatic carbocycles. The van der Waals surface area contributed by atoms with Crippen molar-refractivity contribution in [2.45, 2.75) is 58.4 Å². The number of likely N-dealkylation sites (tertiary alicyclic amines) is 1. The minimum atomic E-state index is 0.252. The molecule has 0 N–H and O–H groups in total. The Bertz CT molecular complexity index is 660. The Kier molecular flexibility index (Phi) is 6.37. The normalized spacial score (nSPS) is 23.4. The van der Waals surface area contributed by atoms with E-state index in [4.69, 9.17) is 4.74 Å². The highest BCUT2D eigenvalue weighted by Crippen LogP contribution is 2.40. The molecule has 154 valence electrons. The molecule has 3 aliphatic heterocycles. The topological polar surface area (TPSA) is 32.8 Å². The monoisotopic (exact) mass is 384 g/mol. The summed E-state index contributed by atoms with van der Waals surface area (Å²) in [7, 11) is 0. The lowest BCUT2D eigenvalue weighted by Crippen LogP contribution is -2.48. The Morgan fingerprint density at radius 1 is 1.14 bits per heavy atom. The molecule has 0 unspecified atom stereocenters. The van der Waals surface area contributed by atoms with Gasteiger partial charge >= 0.3 is 0 Å². The van der Waals surface area contributed by atoms with E-state index in [0.29, 0.717) is 12.3 Å². The van der Waals surface area contributed by atoms with Gasteiger partial charge in [-0.25, -0.2) is 0 Å². The van der Waals surface area contributed by atoms with Gasteiger partial charge in [-0.2, -0.15) is 0 Å². The maximum atomic E-state index is 12.8. The zero-order valence-corrected chi connectivity index (χ0v) is 17.5. The average Bonchev–Trinajstić information content (AvgIpc) is 2.88. The molecule has 1 aromatic rings. The van der Waals surface area contributed by atoms with E-state index in [2.05, 4.69) is 41.0 Å². The number of carbonyl (C=O) groups excluding carboxylic acids is 1. The molecule has 28 heavy (non-hydrogen) atoms. The lowest BCUT2D eigenvalue weighted by atomic mass is 9.73. The van der Waals surface area contributed by atoms with E-state index in [0.717, 1.165) is 45.1 Å². The third-order valence-corrected chi connectivity index (χ3v) is 7.16. The van der Waals surface area contributed by atoms with Gasteiger partial charge in [-0.1, -0.05) is 31.2 Å². The number of ether oxygens (including phenoxy) is 1. The van der Waals surface area contributed by atoms with Crippen LogP contribution in [0.25, 0.3) is 0 Å². The van der Waals surface area contributed by atoms with Crippen LogP contribution in [0.4, 0.5) is 0 Å².